The van der Waals surface area contributed by atoms with Gasteiger partial charge >= 0.3 is 0 Å². The number of nitrogens with zero attached hydrogens (tertiary/aromatic N) is 2. The monoisotopic (exact) mass is 253 g/mol. The lowest BCUT2D eigenvalue weighted by Gasteiger charge is -2.27. The van der Waals surface area contributed by atoms with Crippen LogP contribution in [-0.2, 0) is 13.5 Å². The molecule has 2 heterocycles. The first kappa shape index (κ1) is 11.2. The van der Waals surface area contributed by atoms with Crippen LogP contribution in [0.1, 0.15) is 29.9 Å². The van der Waals surface area contributed by atoms with Crippen molar-refractivity contribution in [2.45, 2.75) is 31.2 Å². The highest BCUT2D eigenvalue weighted by Crippen LogP contribution is 2.40. The summed E-state index contributed by atoms with van der Waals surface area (Å²) in [6, 6.07) is 7.63. The zero-order valence-electron chi connectivity index (χ0n) is 11.3. The predicted molar refractivity (Wildman–Crippen MR) is 76.1 cm³/mol. The molecule has 2 aliphatic rings. The molecule has 1 aromatic heterocycles. The summed E-state index contributed by atoms with van der Waals surface area (Å²) in [6.07, 6.45) is 7.88. The summed E-state index contributed by atoms with van der Waals surface area (Å²) in [5.74, 6) is 0.723. The Bertz CT molecular complexity index is 614. The number of hydrogen-bond acceptors (Lipinski definition) is 2. The highest BCUT2D eigenvalue weighted by molar-refractivity contribution is 5.64. The van der Waals surface area contributed by atoms with Gasteiger partial charge in [-0.25, -0.2) is 0 Å². The van der Waals surface area contributed by atoms with E-state index in [1.165, 1.54) is 42.5 Å². The van der Waals surface area contributed by atoms with E-state index in [9.17, 15) is 0 Å². The molecule has 1 aliphatic carbocycles. The number of aryl methyl sites for hydroxylation is 1. The molecule has 4 rings (SSSR count). The van der Waals surface area contributed by atoms with Crippen molar-refractivity contribution in [3.8, 4) is 11.1 Å². The van der Waals surface area contributed by atoms with Crippen molar-refractivity contribution in [1.29, 1.82) is 0 Å². The summed E-state index contributed by atoms with van der Waals surface area (Å²) in [5, 5.41) is 7.95. The molecule has 2 atom stereocenters. The Morgan fingerprint density at radius 1 is 1.32 bits per heavy atom. The highest BCUT2D eigenvalue weighted by Gasteiger charge is 2.33. The van der Waals surface area contributed by atoms with E-state index in [1.807, 2.05) is 17.9 Å². The first-order valence-corrected chi connectivity index (χ1v) is 7.16. The van der Waals surface area contributed by atoms with Crippen LogP contribution in [0.2, 0.25) is 0 Å². The Morgan fingerprint density at radius 2 is 2.26 bits per heavy atom. The average Bonchev–Trinajstić information content (AvgIpc) is 3.01. The molecular formula is C16H19N3. The van der Waals surface area contributed by atoms with Gasteiger partial charge < -0.3 is 5.32 Å². The standard InChI is InChI=1S/C16H19N3/c1-19-10-13(9-18-19)11-4-5-12-8-16-14(15(12)7-11)3-2-6-17-16/h4-5,7,9-10,14,16-17H,2-3,6,8H2,1H3/t14-,16+/m0/s1. The van der Waals surface area contributed by atoms with Crippen molar-refractivity contribution in [2.75, 3.05) is 6.54 Å². The Labute approximate surface area is 113 Å². The zero-order chi connectivity index (χ0) is 12.8. The number of fused-ring (bicyclic) bond motifs is 3. The SMILES string of the molecule is Cn1cc(-c2ccc3c(c2)[C@@H]2CCCN[C@@H]2C3)cn1. The number of hydrogen-bond donors (Lipinski definition) is 1. The molecule has 0 spiro atoms. The molecule has 0 amide bonds. The minimum absolute atomic E-state index is 0.674. The maximum atomic E-state index is 4.27. The van der Waals surface area contributed by atoms with Gasteiger partial charge in [-0.3, -0.25) is 4.68 Å². The van der Waals surface area contributed by atoms with Crippen LogP contribution < -0.4 is 5.32 Å². The molecule has 1 saturated heterocycles. The van der Waals surface area contributed by atoms with Crippen molar-refractivity contribution >= 4 is 0 Å². The molecule has 19 heavy (non-hydrogen) atoms. The molecule has 0 unspecified atom stereocenters. The van der Waals surface area contributed by atoms with Crippen molar-refractivity contribution in [3.05, 3.63) is 41.7 Å². The third kappa shape index (κ3) is 1.80. The Balaban J connectivity index is 1.75. The summed E-state index contributed by atoms with van der Waals surface area (Å²) in [6.45, 7) is 1.19. The summed E-state index contributed by atoms with van der Waals surface area (Å²) < 4.78 is 1.87. The highest BCUT2D eigenvalue weighted by atomic mass is 15.2. The van der Waals surface area contributed by atoms with E-state index < -0.39 is 0 Å². The maximum Gasteiger partial charge on any atom is 0.0568 e. The fourth-order valence-corrected chi connectivity index (χ4v) is 3.65. The lowest BCUT2D eigenvalue weighted by Crippen LogP contribution is -2.37. The molecule has 3 nitrogen and oxygen atoms in total. The van der Waals surface area contributed by atoms with Crippen molar-refractivity contribution in [1.82, 2.24) is 15.1 Å². The summed E-state index contributed by atoms with van der Waals surface area (Å²) in [5.41, 5.74) is 5.63. The number of rotatable bonds is 1. The van der Waals surface area contributed by atoms with E-state index >= 15 is 0 Å². The lowest BCUT2D eigenvalue weighted by molar-refractivity contribution is 0.372. The van der Waals surface area contributed by atoms with Gasteiger partial charge in [-0.1, -0.05) is 18.2 Å². The second-order valence-corrected chi connectivity index (χ2v) is 5.83. The van der Waals surface area contributed by atoms with E-state index in [2.05, 4.69) is 34.8 Å². The van der Waals surface area contributed by atoms with E-state index in [0.29, 0.717) is 6.04 Å². The number of benzene rings is 1. The topological polar surface area (TPSA) is 29.9 Å². The van der Waals surface area contributed by atoms with Gasteiger partial charge in [0.25, 0.3) is 0 Å². The summed E-state index contributed by atoms with van der Waals surface area (Å²) >= 11 is 0. The normalized spacial score (nSPS) is 25.1. The second kappa shape index (κ2) is 4.20. The van der Waals surface area contributed by atoms with E-state index in [-0.39, 0.29) is 0 Å². The largest absolute Gasteiger partial charge is 0.313 e. The molecular weight excluding hydrogens is 234 g/mol. The quantitative estimate of drug-likeness (QED) is 0.846. The van der Waals surface area contributed by atoms with Gasteiger partial charge in [-0.2, -0.15) is 5.10 Å². The van der Waals surface area contributed by atoms with Crippen molar-refractivity contribution in [2.24, 2.45) is 7.05 Å². The Morgan fingerprint density at radius 3 is 3.11 bits per heavy atom. The molecule has 1 aliphatic heterocycles. The molecule has 0 saturated carbocycles. The van der Waals surface area contributed by atoms with Crippen LogP contribution in [0, 0.1) is 0 Å². The summed E-state index contributed by atoms with van der Waals surface area (Å²) in [4.78, 5) is 0. The van der Waals surface area contributed by atoms with Crippen LogP contribution >= 0.6 is 0 Å². The van der Waals surface area contributed by atoms with Crippen LogP contribution in [-0.4, -0.2) is 22.4 Å². The van der Waals surface area contributed by atoms with Crippen LogP contribution in [0.4, 0.5) is 0 Å². The van der Waals surface area contributed by atoms with E-state index in [4.69, 9.17) is 0 Å². The maximum absolute atomic E-state index is 4.27. The van der Waals surface area contributed by atoms with Crippen LogP contribution in [0.5, 0.6) is 0 Å². The van der Waals surface area contributed by atoms with Crippen LogP contribution in [0.15, 0.2) is 30.6 Å². The van der Waals surface area contributed by atoms with Gasteiger partial charge in [-0.05, 0) is 48.4 Å². The zero-order valence-corrected chi connectivity index (χ0v) is 11.3. The minimum atomic E-state index is 0.674. The van der Waals surface area contributed by atoms with E-state index in [1.54, 1.807) is 5.56 Å². The molecule has 2 aromatic rings. The average molecular weight is 253 g/mol. The third-order valence-electron chi connectivity index (χ3n) is 4.61. The molecule has 0 radical (unpaired) electrons. The number of nitrogens with one attached hydrogen (secondary N) is 1. The van der Waals surface area contributed by atoms with E-state index in [0.717, 1.165) is 5.92 Å². The van der Waals surface area contributed by atoms with Gasteiger partial charge in [0.15, 0.2) is 0 Å². The van der Waals surface area contributed by atoms with Gasteiger partial charge in [0.1, 0.15) is 0 Å². The van der Waals surface area contributed by atoms with Crippen molar-refractivity contribution < 1.29 is 0 Å². The van der Waals surface area contributed by atoms with Crippen LogP contribution in [0.3, 0.4) is 0 Å². The Hall–Kier alpha value is -1.61. The van der Waals surface area contributed by atoms with Crippen LogP contribution in [0.25, 0.3) is 11.1 Å². The first-order valence-electron chi connectivity index (χ1n) is 7.16. The molecule has 1 N–H and O–H groups in total. The number of piperidine rings is 1. The molecule has 0 bridgehead atoms. The first-order chi connectivity index (χ1) is 9.31. The summed E-state index contributed by atoms with van der Waals surface area (Å²) in [7, 11) is 1.97. The fraction of sp³-hybridized carbons (Fsp3) is 0.438. The molecule has 1 aromatic carbocycles. The smallest absolute Gasteiger partial charge is 0.0568 e. The molecule has 1 fully saturated rings. The lowest BCUT2D eigenvalue weighted by atomic mass is 9.89. The van der Waals surface area contributed by atoms with Gasteiger partial charge in [-0.15, -0.1) is 0 Å². The molecule has 98 valence electrons. The van der Waals surface area contributed by atoms with Crippen molar-refractivity contribution in [3.63, 3.8) is 0 Å². The molecule has 3 heteroatoms. The van der Waals surface area contributed by atoms with Gasteiger partial charge in [0.2, 0.25) is 0 Å². The second-order valence-electron chi connectivity index (χ2n) is 5.83. The predicted octanol–water partition coefficient (Wildman–Crippen LogP) is 2.48. The Kier molecular flexibility index (Phi) is 2.49. The van der Waals surface area contributed by atoms with Gasteiger partial charge in [0, 0.05) is 24.8 Å². The minimum Gasteiger partial charge on any atom is -0.313 e. The third-order valence-corrected chi connectivity index (χ3v) is 4.61. The van der Waals surface area contributed by atoms with Gasteiger partial charge in [0.05, 0.1) is 6.20 Å². The number of aromatic nitrogens is 2. The fourth-order valence-electron chi connectivity index (χ4n) is 3.65.